The molecule has 1 aliphatic rings. The molecular formula is C18H33N3O6. The first kappa shape index (κ1) is 24.8. The molecule has 1 aliphatic heterocycles. The molecule has 0 bridgehead atoms. The molecule has 27 heavy (non-hydrogen) atoms. The minimum atomic E-state index is -1.04. The van der Waals surface area contributed by atoms with Gasteiger partial charge in [-0.1, -0.05) is 0 Å². The summed E-state index contributed by atoms with van der Waals surface area (Å²) in [4.78, 5) is 47.4. The third-order valence-corrected chi connectivity index (χ3v) is 3.43. The number of carbonyl (C=O) groups is 4. The van der Waals surface area contributed by atoms with E-state index in [0.717, 1.165) is 0 Å². The Morgan fingerprint density at radius 3 is 2.30 bits per heavy atom. The lowest BCUT2D eigenvalue weighted by Crippen LogP contribution is -2.50. The van der Waals surface area contributed by atoms with Crippen molar-refractivity contribution in [2.24, 2.45) is 5.73 Å². The zero-order valence-electron chi connectivity index (χ0n) is 16.9. The van der Waals surface area contributed by atoms with E-state index in [2.05, 4.69) is 5.32 Å². The van der Waals surface area contributed by atoms with Crippen molar-refractivity contribution >= 4 is 23.8 Å². The topological polar surface area (TPSA) is 139 Å². The van der Waals surface area contributed by atoms with Gasteiger partial charge in [0.25, 0.3) is 0 Å². The number of likely N-dealkylation sites (tertiary alicyclic amines) is 1. The van der Waals surface area contributed by atoms with Gasteiger partial charge in [-0.2, -0.15) is 0 Å². The summed E-state index contributed by atoms with van der Waals surface area (Å²) in [7, 11) is 0. The van der Waals surface area contributed by atoms with E-state index in [1.807, 2.05) is 20.8 Å². The maximum atomic E-state index is 12.2. The second-order valence-corrected chi connectivity index (χ2v) is 7.49. The number of carbonyl (C=O) groups excluding carboxylic acids is 3. The van der Waals surface area contributed by atoms with Crippen LogP contribution in [0.5, 0.6) is 0 Å². The number of aliphatic carboxylic acids is 1. The summed E-state index contributed by atoms with van der Waals surface area (Å²) in [5.41, 5.74) is 5.35. The lowest BCUT2D eigenvalue weighted by atomic mass is 10.1. The number of rotatable bonds is 7. The van der Waals surface area contributed by atoms with Crippen LogP contribution in [0.3, 0.4) is 0 Å². The molecule has 156 valence electrons. The van der Waals surface area contributed by atoms with E-state index in [1.165, 1.54) is 11.8 Å². The van der Waals surface area contributed by atoms with Gasteiger partial charge in [0.2, 0.25) is 11.8 Å². The first-order valence-electron chi connectivity index (χ1n) is 9.14. The molecule has 0 aromatic rings. The van der Waals surface area contributed by atoms with E-state index < -0.39 is 35.8 Å². The van der Waals surface area contributed by atoms with Gasteiger partial charge in [-0.25, -0.2) is 4.79 Å². The highest BCUT2D eigenvalue weighted by atomic mass is 16.5. The molecule has 1 fully saturated rings. The van der Waals surface area contributed by atoms with E-state index in [1.54, 1.807) is 6.92 Å². The molecule has 0 aromatic carbocycles. The molecule has 2 amide bonds. The Kier molecular flexibility index (Phi) is 10.6. The molecule has 0 aliphatic carbocycles. The molecule has 1 rings (SSSR count). The van der Waals surface area contributed by atoms with Crippen molar-refractivity contribution < 1.29 is 29.0 Å². The van der Waals surface area contributed by atoms with Gasteiger partial charge < -0.3 is 25.8 Å². The number of nitrogens with zero attached hydrogens (tertiary/aromatic N) is 1. The van der Waals surface area contributed by atoms with Gasteiger partial charge in [0.1, 0.15) is 12.1 Å². The predicted molar refractivity (Wildman–Crippen MR) is 99.8 cm³/mol. The van der Waals surface area contributed by atoms with E-state index in [-0.39, 0.29) is 25.0 Å². The lowest BCUT2D eigenvalue weighted by Gasteiger charge is -2.25. The number of nitrogens with one attached hydrogen (secondary N) is 1. The number of esters is 1. The molecule has 1 heterocycles. The SMILES string of the molecule is CC(C)(C)N.CCOC(=O)CCC(=O)N[C@@H](C)C(=O)N1CCC[C@H]1C(=O)O. The van der Waals surface area contributed by atoms with E-state index in [0.29, 0.717) is 19.4 Å². The molecule has 0 spiro atoms. The largest absolute Gasteiger partial charge is 0.480 e. The smallest absolute Gasteiger partial charge is 0.326 e. The van der Waals surface area contributed by atoms with Crippen molar-refractivity contribution in [3.63, 3.8) is 0 Å². The third kappa shape index (κ3) is 11.2. The summed E-state index contributed by atoms with van der Waals surface area (Å²) in [5, 5.41) is 11.5. The Morgan fingerprint density at radius 1 is 1.26 bits per heavy atom. The van der Waals surface area contributed by atoms with Gasteiger partial charge in [0, 0.05) is 18.5 Å². The minimum Gasteiger partial charge on any atom is -0.480 e. The Hall–Kier alpha value is -2.16. The average molecular weight is 387 g/mol. The molecular weight excluding hydrogens is 354 g/mol. The Balaban J connectivity index is 0.00000119. The summed E-state index contributed by atoms with van der Waals surface area (Å²) in [5.74, 6) is -2.37. The van der Waals surface area contributed by atoms with Crippen molar-refractivity contribution in [2.45, 2.75) is 77.9 Å². The fourth-order valence-corrected chi connectivity index (χ4v) is 2.36. The number of hydrogen-bond acceptors (Lipinski definition) is 6. The number of carboxylic acids is 1. The zero-order chi connectivity index (χ0) is 21.2. The predicted octanol–water partition coefficient (Wildman–Crippen LogP) is 0.654. The quantitative estimate of drug-likeness (QED) is 0.545. The van der Waals surface area contributed by atoms with Gasteiger partial charge in [0.05, 0.1) is 13.0 Å². The number of hydrogen-bond donors (Lipinski definition) is 3. The minimum absolute atomic E-state index is 0. The normalized spacial score (nSPS) is 17.4. The Morgan fingerprint density at radius 2 is 1.81 bits per heavy atom. The van der Waals surface area contributed by atoms with Crippen molar-refractivity contribution in [3.8, 4) is 0 Å². The van der Waals surface area contributed by atoms with Crippen molar-refractivity contribution in [1.29, 1.82) is 0 Å². The Labute approximate surface area is 160 Å². The van der Waals surface area contributed by atoms with Crippen LogP contribution >= 0.6 is 0 Å². The van der Waals surface area contributed by atoms with Crippen LogP contribution in [-0.2, 0) is 23.9 Å². The van der Waals surface area contributed by atoms with Crippen LogP contribution in [0, 0.1) is 0 Å². The number of carboxylic acid groups (broad SMARTS) is 1. The molecule has 9 nitrogen and oxygen atoms in total. The number of nitrogens with two attached hydrogens (primary N) is 1. The molecule has 0 radical (unpaired) electrons. The van der Waals surface area contributed by atoms with Crippen molar-refractivity contribution in [2.75, 3.05) is 13.2 Å². The highest BCUT2D eigenvalue weighted by Gasteiger charge is 2.36. The molecule has 0 unspecified atom stereocenters. The molecule has 9 heteroatoms. The van der Waals surface area contributed by atoms with Crippen molar-refractivity contribution in [1.82, 2.24) is 10.2 Å². The number of ether oxygens (including phenoxy) is 1. The fraction of sp³-hybridized carbons (Fsp3) is 0.778. The molecule has 2 atom stereocenters. The van der Waals surface area contributed by atoms with Gasteiger partial charge >= 0.3 is 11.9 Å². The molecule has 0 aromatic heterocycles. The highest BCUT2D eigenvalue weighted by molar-refractivity contribution is 5.91. The second-order valence-electron chi connectivity index (χ2n) is 7.49. The standard InChI is InChI=1S/C14H22N2O6.C4H11N/c1-3-22-12(18)7-6-11(17)15-9(2)13(19)16-8-4-5-10(16)14(20)21;1-4(2,3)5/h9-10H,3-8H2,1-2H3,(H,15,17)(H,20,21);5H2,1-3H3/t9-,10-;/m0./s1. The van der Waals surface area contributed by atoms with Crippen LogP contribution in [0.1, 0.15) is 60.3 Å². The summed E-state index contributed by atoms with van der Waals surface area (Å²) >= 11 is 0. The first-order chi connectivity index (χ1) is 12.4. The maximum absolute atomic E-state index is 12.2. The van der Waals surface area contributed by atoms with Crippen LogP contribution < -0.4 is 11.1 Å². The van der Waals surface area contributed by atoms with Crippen LogP contribution in [-0.4, -0.2) is 64.5 Å². The summed E-state index contributed by atoms with van der Waals surface area (Å²) in [6.45, 7) is 9.70. The second kappa shape index (κ2) is 11.5. The maximum Gasteiger partial charge on any atom is 0.326 e. The van der Waals surface area contributed by atoms with Crippen LogP contribution in [0.4, 0.5) is 0 Å². The first-order valence-corrected chi connectivity index (χ1v) is 9.14. The highest BCUT2D eigenvalue weighted by Crippen LogP contribution is 2.18. The van der Waals surface area contributed by atoms with E-state index in [9.17, 15) is 19.2 Å². The van der Waals surface area contributed by atoms with Gasteiger partial charge in [-0.3, -0.25) is 14.4 Å². The molecule has 0 saturated carbocycles. The number of amides is 2. The van der Waals surface area contributed by atoms with Gasteiger partial charge in [-0.15, -0.1) is 0 Å². The van der Waals surface area contributed by atoms with Crippen molar-refractivity contribution in [3.05, 3.63) is 0 Å². The summed E-state index contributed by atoms with van der Waals surface area (Å²) in [6, 6.07) is -1.65. The summed E-state index contributed by atoms with van der Waals surface area (Å²) < 4.78 is 4.71. The van der Waals surface area contributed by atoms with Gasteiger partial charge in [0.15, 0.2) is 0 Å². The third-order valence-electron chi connectivity index (χ3n) is 3.43. The van der Waals surface area contributed by atoms with E-state index >= 15 is 0 Å². The Bertz CT molecular complexity index is 524. The monoisotopic (exact) mass is 387 g/mol. The van der Waals surface area contributed by atoms with E-state index in [4.69, 9.17) is 15.6 Å². The molecule has 4 N–H and O–H groups in total. The fourth-order valence-electron chi connectivity index (χ4n) is 2.36. The summed E-state index contributed by atoms with van der Waals surface area (Å²) in [6.07, 6.45) is 0.928. The van der Waals surface area contributed by atoms with Crippen LogP contribution in [0.15, 0.2) is 0 Å². The lowest BCUT2D eigenvalue weighted by molar-refractivity contribution is -0.149. The van der Waals surface area contributed by atoms with Crippen LogP contribution in [0.25, 0.3) is 0 Å². The molecule has 1 saturated heterocycles. The van der Waals surface area contributed by atoms with Crippen LogP contribution in [0.2, 0.25) is 0 Å². The average Bonchev–Trinajstić information content (AvgIpc) is 3.00. The zero-order valence-corrected chi connectivity index (χ0v) is 16.9. The van der Waals surface area contributed by atoms with Gasteiger partial charge in [-0.05, 0) is 47.5 Å².